The maximum Gasteiger partial charge on any atom is 0.156 e. The third-order valence-corrected chi connectivity index (χ3v) is 3.70. The molecule has 0 aliphatic rings. The Hall–Kier alpha value is -2.62. The van der Waals surface area contributed by atoms with Gasteiger partial charge < -0.3 is 9.55 Å². The zero-order valence-corrected chi connectivity index (χ0v) is 11.4. The van der Waals surface area contributed by atoms with Crippen LogP contribution in [0.5, 0.6) is 0 Å². The first-order valence-corrected chi connectivity index (χ1v) is 6.58. The summed E-state index contributed by atoms with van der Waals surface area (Å²) >= 11 is 0. The predicted molar refractivity (Wildman–Crippen MR) is 80.5 cm³/mol. The number of hydrogen-bond acceptors (Lipinski definition) is 2. The highest BCUT2D eigenvalue weighted by molar-refractivity contribution is 5.97. The Labute approximate surface area is 116 Å². The van der Waals surface area contributed by atoms with Gasteiger partial charge in [-0.05, 0) is 25.1 Å². The molecule has 0 saturated heterocycles. The van der Waals surface area contributed by atoms with E-state index in [0.717, 1.165) is 16.9 Å². The molecule has 0 atom stereocenters. The Morgan fingerprint density at radius 3 is 2.80 bits per heavy atom. The lowest BCUT2D eigenvalue weighted by Crippen LogP contribution is -1.82. The van der Waals surface area contributed by atoms with E-state index < -0.39 is 0 Å². The molecule has 0 aliphatic heterocycles. The maximum absolute atomic E-state index is 4.33. The highest BCUT2D eigenvalue weighted by Crippen LogP contribution is 2.31. The molecule has 3 aromatic heterocycles. The van der Waals surface area contributed by atoms with Crippen molar-refractivity contribution in [1.29, 1.82) is 0 Å². The lowest BCUT2D eigenvalue weighted by Gasteiger charge is -1.98. The summed E-state index contributed by atoms with van der Waals surface area (Å²) in [6.07, 6.45) is 5.57. The summed E-state index contributed by atoms with van der Waals surface area (Å²) in [6, 6.07) is 8.57. The predicted octanol–water partition coefficient (Wildman–Crippen LogP) is 3.43. The zero-order chi connectivity index (χ0) is 13.7. The van der Waals surface area contributed by atoms with E-state index >= 15 is 0 Å². The summed E-state index contributed by atoms with van der Waals surface area (Å²) in [6.45, 7) is 2.12. The van der Waals surface area contributed by atoms with Crippen LogP contribution in [0.2, 0.25) is 0 Å². The third kappa shape index (κ3) is 1.54. The van der Waals surface area contributed by atoms with Gasteiger partial charge in [-0.15, -0.1) is 0 Å². The van der Waals surface area contributed by atoms with Crippen LogP contribution in [0.4, 0.5) is 0 Å². The Morgan fingerprint density at radius 2 is 1.95 bits per heavy atom. The van der Waals surface area contributed by atoms with Crippen LogP contribution >= 0.6 is 0 Å². The van der Waals surface area contributed by atoms with E-state index in [1.165, 1.54) is 22.0 Å². The molecule has 4 aromatic rings. The van der Waals surface area contributed by atoms with E-state index in [9.17, 15) is 0 Å². The summed E-state index contributed by atoms with van der Waals surface area (Å²) < 4.78 is 2.15. The first-order chi connectivity index (χ1) is 9.72. The van der Waals surface area contributed by atoms with Crippen molar-refractivity contribution in [3.63, 3.8) is 0 Å². The third-order valence-electron chi connectivity index (χ3n) is 3.70. The summed E-state index contributed by atoms with van der Waals surface area (Å²) in [5.41, 5.74) is 6.45. The molecule has 0 radical (unpaired) electrons. The molecule has 20 heavy (non-hydrogen) atoms. The molecule has 4 rings (SSSR count). The molecule has 0 unspecified atom stereocenters. The number of aromatic amines is 1. The standard InChI is InChI=1S/C16H14N4/c1-10-3-4-15-11(7-10)12(9-20(15)2)13-8-14-16(19-13)18-6-5-17-14/h3-9H,1-2H3,(H,18,19). The highest BCUT2D eigenvalue weighted by Gasteiger charge is 2.11. The Kier molecular flexibility index (Phi) is 2.21. The van der Waals surface area contributed by atoms with Gasteiger partial charge in [0.1, 0.15) is 5.52 Å². The van der Waals surface area contributed by atoms with Crippen molar-refractivity contribution in [3.8, 4) is 11.3 Å². The Morgan fingerprint density at radius 1 is 1.10 bits per heavy atom. The average Bonchev–Trinajstić information content (AvgIpc) is 3.00. The SMILES string of the molecule is Cc1ccc2c(c1)c(-c1cc3nccnc3[nH]1)cn2C. The largest absolute Gasteiger partial charge is 0.350 e. The number of H-pyrrole nitrogens is 1. The lowest BCUT2D eigenvalue weighted by molar-refractivity contribution is 0.969. The number of fused-ring (bicyclic) bond motifs is 2. The topological polar surface area (TPSA) is 46.5 Å². The Balaban J connectivity index is 2.04. The maximum atomic E-state index is 4.33. The van der Waals surface area contributed by atoms with Crippen LogP contribution in [-0.4, -0.2) is 19.5 Å². The molecule has 0 amide bonds. The first kappa shape index (κ1) is 11.2. The summed E-state index contributed by atoms with van der Waals surface area (Å²) in [5.74, 6) is 0. The highest BCUT2D eigenvalue weighted by atomic mass is 14.9. The van der Waals surface area contributed by atoms with E-state index in [0.29, 0.717) is 0 Å². The molecule has 4 nitrogen and oxygen atoms in total. The number of hydrogen-bond donors (Lipinski definition) is 1. The van der Waals surface area contributed by atoms with E-state index in [2.05, 4.69) is 64.0 Å². The van der Waals surface area contributed by atoms with Crippen molar-refractivity contribution in [1.82, 2.24) is 19.5 Å². The molecule has 3 heterocycles. The summed E-state index contributed by atoms with van der Waals surface area (Å²) in [5, 5.41) is 1.25. The number of benzene rings is 1. The summed E-state index contributed by atoms with van der Waals surface area (Å²) in [4.78, 5) is 12.0. The monoisotopic (exact) mass is 262 g/mol. The van der Waals surface area contributed by atoms with Gasteiger partial charge in [-0.25, -0.2) is 4.98 Å². The van der Waals surface area contributed by atoms with Crippen molar-refractivity contribution in [2.24, 2.45) is 7.05 Å². The van der Waals surface area contributed by atoms with Crippen LogP contribution in [0.25, 0.3) is 33.3 Å². The van der Waals surface area contributed by atoms with E-state index in [4.69, 9.17) is 0 Å². The van der Waals surface area contributed by atoms with Crippen LogP contribution in [-0.2, 0) is 7.05 Å². The van der Waals surface area contributed by atoms with Gasteiger partial charge in [0.05, 0.1) is 5.69 Å². The molecule has 98 valence electrons. The van der Waals surface area contributed by atoms with Crippen LogP contribution < -0.4 is 0 Å². The Bertz CT molecular complexity index is 897. The first-order valence-electron chi connectivity index (χ1n) is 6.58. The number of nitrogens with zero attached hydrogens (tertiary/aromatic N) is 3. The minimum Gasteiger partial charge on any atom is -0.350 e. The van der Waals surface area contributed by atoms with Gasteiger partial charge in [-0.1, -0.05) is 11.6 Å². The van der Waals surface area contributed by atoms with Gasteiger partial charge in [0.15, 0.2) is 5.65 Å². The molecule has 0 aliphatic carbocycles. The van der Waals surface area contributed by atoms with Gasteiger partial charge in [0.25, 0.3) is 0 Å². The second kappa shape index (κ2) is 3.93. The van der Waals surface area contributed by atoms with Crippen molar-refractivity contribution in [3.05, 3.63) is 48.4 Å². The van der Waals surface area contributed by atoms with E-state index in [-0.39, 0.29) is 0 Å². The molecule has 0 saturated carbocycles. The summed E-state index contributed by atoms with van der Waals surface area (Å²) in [7, 11) is 2.07. The zero-order valence-electron chi connectivity index (χ0n) is 11.4. The fourth-order valence-electron chi connectivity index (χ4n) is 2.72. The van der Waals surface area contributed by atoms with Crippen LogP contribution in [0.1, 0.15) is 5.56 Å². The van der Waals surface area contributed by atoms with Crippen molar-refractivity contribution >= 4 is 22.1 Å². The molecular weight excluding hydrogens is 248 g/mol. The normalized spacial score (nSPS) is 11.5. The van der Waals surface area contributed by atoms with Gasteiger partial charge in [0, 0.05) is 42.1 Å². The minimum absolute atomic E-state index is 0.826. The number of nitrogens with one attached hydrogen (secondary N) is 1. The molecule has 1 aromatic carbocycles. The molecule has 0 spiro atoms. The van der Waals surface area contributed by atoms with E-state index in [1.54, 1.807) is 12.4 Å². The number of aromatic nitrogens is 4. The van der Waals surface area contributed by atoms with Gasteiger partial charge >= 0.3 is 0 Å². The average molecular weight is 262 g/mol. The molecular formula is C16H14N4. The molecule has 4 heteroatoms. The second-order valence-corrected chi connectivity index (χ2v) is 5.15. The smallest absolute Gasteiger partial charge is 0.156 e. The van der Waals surface area contributed by atoms with Crippen LogP contribution in [0.15, 0.2) is 42.9 Å². The molecule has 0 bridgehead atoms. The number of aryl methyl sites for hydroxylation is 2. The fourth-order valence-corrected chi connectivity index (χ4v) is 2.72. The number of rotatable bonds is 1. The lowest BCUT2D eigenvalue weighted by atomic mass is 10.1. The molecule has 0 fully saturated rings. The quantitative estimate of drug-likeness (QED) is 0.571. The van der Waals surface area contributed by atoms with Gasteiger partial charge in [0.2, 0.25) is 0 Å². The van der Waals surface area contributed by atoms with Crippen LogP contribution in [0.3, 0.4) is 0 Å². The van der Waals surface area contributed by atoms with Crippen molar-refractivity contribution in [2.75, 3.05) is 0 Å². The fraction of sp³-hybridized carbons (Fsp3) is 0.125. The van der Waals surface area contributed by atoms with Crippen molar-refractivity contribution < 1.29 is 0 Å². The van der Waals surface area contributed by atoms with Gasteiger partial charge in [-0.2, -0.15) is 0 Å². The van der Waals surface area contributed by atoms with E-state index in [1.807, 2.05) is 0 Å². The van der Waals surface area contributed by atoms with Crippen LogP contribution in [0, 0.1) is 6.92 Å². The van der Waals surface area contributed by atoms with Gasteiger partial charge in [-0.3, -0.25) is 4.98 Å². The van der Waals surface area contributed by atoms with Crippen molar-refractivity contribution in [2.45, 2.75) is 6.92 Å². The molecule has 1 N–H and O–H groups in total. The minimum atomic E-state index is 0.826. The second-order valence-electron chi connectivity index (χ2n) is 5.15.